The van der Waals surface area contributed by atoms with Crippen molar-refractivity contribution in [1.29, 1.82) is 0 Å². The third-order valence-corrected chi connectivity index (χ3v) is 3.53. The molecule has 128 valence electrons. The third kappa shape index (κ3) is 5.10. The Morgan fingerprint density at radius 3 is 2.48 bits per heavy atom. The van der Waals surface area contributed by atoms with Gasteiger partial charge in [-0.15, -0.1) is 0 Å². The minimum absolute atomic E-state index is 0.0504. The van der Waals surface area contributed by atoms with Gasteiger partial charge in [0.15, 0.2) is 18.1 Å². The first kappa shape index (κ1) is 18.1. The van der Waals surface area contributed by atoms with E-state index in [0.717, 1.165) is 10.5 Å². The number of pyridine rings is 1. The van der Waals surface area contributed by atoms with Crippen LogP contribution in [0.25, 0.3) is 6.08 Å². The lowest BCUT2D eigenvalue weighted by atomic mass is 10.1. The second kappa shape index (κ2) is 9.12. The van der Waals surface area contributed by atoms with Crippen LogP contribution >= 0.6 is 0 Å². The molecule has 1 aromatic carbocycles. The quantitative estimate of drug-likeness (QED) is 0.476. The fraction of sp³-hybridized carbons (Fsp3) is 0.158. The number of nitrogens with zero attached hydrogens (tertiary/aromatic N) is 2. The Morgan fingerprint density at radius 2 is 1.88 bits per heavy atom. The minimum Gasteiger partial charge on any atom is -0.341 e. The fourth-order valence-electron chi connectivity index (χ4n) is 2.24. The molecule has 2 rings (SSSR count). The molecular weight excluding hydrogens is 318 g/mol. The molecule has 0 aliphatic carbocycles. The van der Waals surface area contributed by atoms with Crippen LogP contribution in [0.3, 0.4) is 0 Å². The highest BCUT2D eigenvalue weighted by atomic mass is 16.2. The molecule has 0 radical (unpaired) electrons. The molecule has 2 amide bonds. The highest BCUT2D eigenvalue weighted by Gasteiger charge is 2.28. The third-order valence-electron chi connectivity index (χ3n) is 3.53. The number of nitrogens with one attached hydrogen (secondary N) is 1. The number of benzene rings is 1. The number of rotatable bonds is 7. The lowest BCUT2D eigenvalue weighted by Gasteiger charge is -2.25. The zero-order chi connectivity index (χ0) is 18.1. The van der Waals surface area contributed by atoms with Gasteiger partial charge in [-0.3, -0.25) is 9.78 Å². The number of hydrogen-bond donors (Lipinski definition) is 1. The molecule has 0 fully saturated rings. The molecule has 6 heteroatoms. The monoisotopic (exact) mass is 337 g/mol. The van der Waals surface area contributed by atoms with Gasteiger partial charge in [0, 0.05) is 13.2 Å². The van der Waals surface area contributed by atoms with Crippen LogP contribution < -0.4 is 5.32 Å². The molecule has 2 aromatic rings. The second-order valence-corrected chi connectivity index (χ2v) is 5.23. The van der Waals surface area contributed by atoms with Crippen LogP contribution in [0.15, 0.2) is 60.8 Å². The summed E-state index contributed by atoms with van der Waals surface area (Å²) in [7, 11) is 1.44. The van der Waals surface area contributed by atoms with Crippen molar-refractivity contribution in [2.45, 2.75) is 12.6 Å². The van der Waals surface area contributed by atoms with E-state index in [1.165, 1.54) is 13.1 Å². The molecule has 0 aliphatic rings. The van der Waals surface area contributed by atoms with Crippen LogP contribution in [0, 0.1) is 0 Å². The average Bonchev–Trinajstić information content (AvgIpc) is 2.67. The van der Waals surface area contributed by atoms with Crippen molar-refractivity contribution in [1.82, 2.24) is 15.2 Å². The smallest absolute Gasteiger partial charge is 0.318 e. The van der Waals surface area contributed by atoms with Gasteiger partial charge < -0.3 is 15.0 Å². The number of amides is 2. The van der Waals surface area contributed by atoms with Gasteiger partial charge in [0.05, 0.1) is 12.2 Å². The SMILES string of the molecule is CNC(=O)N(Cc1ccccn1)C(C=O)C(=O)C=Cc1ccccc1. The lowest BCUT2D eigenvalue weighted by molar-refractivity contribution is -0.124. The first-order chi connectivity index (χ1) is 12.2. The molecule has 0 saturated carbocycles. The van der Waals surface area contributed by atoms with Gasteiger partial charge in [-0.05, 0) is 23.8 Å². The van der Waals surface area contributed by atoms with Crippen molar-refractivity contribution in [3.8, 4) is 0 Å². The Bertz CT molecular complexity index is 745. The molecule has 1 atom stereocenters. The number of aldehydes is 1. The lowest BCUT2D eigenvalue weighted by Crippen LogP contribution is -2.48. The Balaban J connectivity index is 2.20. The molecule has 1 unspecified atom stereocenters. The minimum atomic E-state index is -1.22. The summed E-state index contributed by atoms with van der Waals surface area (Å²) in [6.07, 6.45) is 4.98. The number of urea groups is 1. The maximum atomic E-state index is 12.4. The van der Waals surface area contributed by atoms with Gasteiger partial charge in [0.1, 0.15) is 0 Å². The predicted molar refractivity (Wildman–Crippen MR) is 94.6 cm³/mol. The summed E-state index contributed by atoms with van der Waals surface area (Å²) in [4.78, 5) is 41.4. The van der Waals surface area contributed by atoms with Crippen LogP contribution in [0.4, 0.5) is 4.79 Å². The Labute approximate surface area is 146 Å². The van der Waals surface area contributed by atoms with Crippen molar-refractivity contribution >= 4 is 24.2 Å². The highest BCUT2D eigenvalue weighted by Crippen LogP contribution is 2.09. The fourth-order valence-corrected chi connectivity index (χ4v) is 2.24. The van der Waals surface area contributed by atoms with Crippen LogP contribution in [-0.2, 0) is 16.1 Å². The van der Waals surface area contributed by atoms with Crippen molar-refractivity contribution < 1.29 is 14.4 Å². The van der Waals surface area contributed by atoms with E-state index in [9.17, 15) is 14.4 Å². The topological polar surface area (TPSA) is 79.4 Å². The summed E-state index contributed by atoms with van der Waals surface area (Å²) in [5.74, 6) is -0.474. The summed E-state index contributed by atoms with van der Waals surface area (Å²) in [6, 6.07) is 12.7. The van der Waals surface area contributed by atoms with Gasteiger partial charge >= 0.3 is 6.03 Å². The van der Waals surface area contributed by atoms with Gasteiger partial charge in [0.25, 0.3) is 0 Å². The summed E-state index contributed by atoms with van der Waals surface area (Å²) in [5.41, 5.74) is 1.41. The van der Waals surface area contributed by atoms with Crippen LogP contribution in [0.5, 0.6) is 0 Å². The van der Waals surface area contributed by atoms with E-state index in [4.69, 9.17) is 0 Å². The molecule has 1 heterocycles. The molecule has 1 N–H and O–H groups in total. The molecule has 0 saturated heterocycles. The molecule has 25 heavy (non-hydrogen) atoms. The zero-order valence-corrected chi connectivity index (χ0v) is 13.8. The Kier molecular flexibility index (Phi) is 6.59. The standard InChI is InChI=1S/C19H19N3O3/c1-20-19(25)22(13-16-9-5-6-12-21-16)17(14-23)18(24)11-10-15-7-3-2-4-8-15/h2-12,14,17H,13H2,1H3,(H,20,25). The normalized spacial score (nSPS) is 11.7. The van der Waals surface area contributed by atoms with Crippen molar-refractivity contribution in [3.05, 3.63) is 72.1 Å². The maximum Gasteiger partial charge on any atom is 0.318 e. The number of aromatic nitrogens is 1. The molecule has 0 spiro atoms. The van der Waals surface area contributed by atoms with Crippen molar-refractivity contribution in [3.63, 3.8) is 0 Å². The molecule has 1 aromatic heterocycles. The molecular formula is C19H19N3O3. The van der Waals surface area contributed by atoms with Gasteiger partial charge in [-0.25, -0.2) is 4.79 Å². The van der Waals surface area contributed by atoms with Crippen molar-refractivity contribution in [2.75, 3.05) is 7.05 Å². The van der Waals surface area contributed by atoms with E-state index in [1.54, 1.807) is 30.5 Å². The number of ketones is 1. The first-order valence-electron chi connectivity index (χ1n) is 7.76. The second-order valence-electron chi connectivity index (χ2n) is 5.23. The van der Waals surface area contributed by atoms with Crippen LogP contribution in [0.2, 0.25) is 0 Å². The number of carbonyl (C=O) groups excluding carboxylic acids is 3. The maximum absolute atomic E-state index is 12.4. The summed E-state index contributed by atoms with van der Waals surface area (Å²) >= 11 is 0. The summed E-state index contributed by atoms with van der Waals surface area (Å²) in [5, 5.41) is 2.45. The van der Waals surface area contributed by atoms with Crippen LogP contribution in [0.1, 0.15) is 11.3 Å². The number of hydrogen-bond acceptors (Lipinski definition) is 4. The van der Waals surface area contributed by atoms with E-state index < -0.39 is 17.9 Å². The summed E-state index contributed by atoms with van der Waals surface area (Å²) < 4.78 is 0. The number of carbonyl (C=O) groups is 3. The van der Waals surface area contributed by atoms with Gasteiger partial charge in [-0.1, -0.05) is 42.5 Å². The van der Waals surface area contributed by atoms with Crippen molar-refractivity contribution in [2.24, 2.45) is 0 Å². The largest absolute Gasteiger partial charge is 0.341 e. The highest BCUT2D eigenvalue weighted by molar-refractivity contribution is 6.08. The predicted octanol–water partition coefficient (Wildman–Crippen LogP) is 2.07. The molecule has 0 aliphatic heterocycles. The average molecular weight is 337 g/mol. The first-order valence-corrected chi connectivity index (χ1v) is 7.76. The van der Waals surface area contributed by atoms with Gasteiger partial charge in [-0.2, -0.15) is 0 Å². The Hall–Kier alpha value is -3.28. The van der Waals surface area contributed by atoms with Gasteiger partial charge in [0.2, 0.25) is 0 Å². The van der Waals surface area contributed by atoms with Crippen LogP contribution in [-0.4, -0.2) is 41.1 Å². The van der Waals surface area contributed by atoms with E-state index in [1.807, 2.05) is 30.3 Å². The van der Waals surface area contributed by atoms with E-state index in [-0.39, 0.29) is 6.54 Å². The van der Waals surface area contributed by atoms with E-state index >= 15 is 0 Å². The van der Waals surface area contributed by atoms with E-state index in [2.05, 4.69) is 10.3 Å². The zero-order valence-electron chi connectivity index (χ0n) is 13.8. The van der Waals surface area contributed by atoms with E-state index in [0.29, 0.717) is 12.0 Å². The Morgan fingerprint density at radius 1 is 1.16 bits per heavy atom. The summed E-state index contributed by atoms with van der Waals surface area (Å²) in [6.45, 7) is 0.0504. The molecule has 0 bridgehead atoms. The molecule has 6 nitrogen and oxygen atoms in total.